The second kappa shape index (κ2) is 13.0. The fourth-order valence-electron chi connectivity index (χ4n) is 4.44. The number of alkyl halides is 6. The zero-order valence-corrected chi connectivity index (χ0v) is 23.1. The molecule has 0 aromatic heterocycles. The van der Waals surface area contributed by atoms with Crippen molar-refractivity contribution in [2.45, 2.75) is 70.6 Å². The maximum Gasteiger partial charge on any atom is 0.389 e. The van der Waals surface area contributed by atoms with Crippen LogP contribution in [-0.2, 0) is 19.1 Å². The Hall–Kier alpha value is -3.90. The second-order valence-corrected chi connectivity index (χ2v) is 10.8. The molecule has 0 fully saturated rings. The van der Waals surface area contributed by atoms with Crippen LogP contribution < -0.4 is 10.6 Å². The molecule has 1 aliphatic rings. The fraction of sp³-hybridized carbons (Fsp3) is 0.448. The van der Waals surface area contributed by atoms with Crippen molar-refractivity contribution in [1.29, 1.82) is 0 Å². The van der Waals surface area contributed by atoms with Gasteiger partial charge in [-0.3, -0.25) is 14.4 Å². The van der Waals surface area contributed by atoms with Gasteiger partial charge in [0, 0.05) is 24.0 Å². The first-order valence-electron chi connectivity index (χ1n) is 13.1. The summed E-state index contributed by atoms with van der Waals surface area (Å²) >= 11 is 0. The summed E-state index contributed by atoms with van der Waals surface area (Å²) in [4.78, 5) is 44.0. The summed E-state index contributed by atoms with van der Waals surface area (Å²) in [6, 6.07) is 15.2. The molecule has 42 heavy (non-hydrogen) atoms. The number of halogens is 6. The first kappa shape index (κ1) is 32.6. The number of benzene rings is 2. The molecule has 2 amide bonds. The highest BCUT2D eigenvalue weighted by atomic mass is 19.4. The van der Waals surface area contributed by atoms with Crippen molar-refractivity contribution >= 4 is 29.2 Å². The van der Waals surface area contributed by atoms with Crippen LogP contribution in [0.4, 0.5) is 32.0 Å². The van der Waals surface area contributed by atoms with Gasteiger partial charge in [-0.2, -0.15) is 26.3 Å². The number of rotatable bonds is 9. The molecule has 0 saturated carbocycles. The number of esters is 1. The minimum Gasteiger partial charge on any atom is -0.460 e. The normalized spacial score (nSPS) is 17.2. The number of benzodiazepines with no additional fused rings is 1. The summed E-state index contributed by atoms with van der Waals surface area (Å²) in [5.41, 5.74) is 0.501. The lowest BCUT2D eigenvalue weighted by molar-refractivity contribution is -0.171. The van der Waals surface area contributed by atoms with Crippen LogP contribution in [0.2, 0.25) is 0 Å². The second-order valence-electron chi connectivity index (χ2n) is 10.8. The average molecular weight is 600 g/mol. The SMILES string of the molecule is CC(C)(C)OC(=O)[C@@H](CCC(F)(F)F)[C@@H](CCC(F)(F)F)C(=O)N[C@H]1N=C(c2ccccc2)c2ccccc2NC1=O. The van der Waals surface area contributed by atoms with Gasteiger partial charge in [-0.25, -0.2) is 4.99 Å². The van der Waals surface area contributed by atoms with E-state index < -0.39 is 79.4 Å². The van der Waals surface area contributed by atoms with E-state index in [1.54, 1.807) is 54.6 Å². The quantitative estimate of drug-likeness (QED) is 0.266. The van der Waals surface area contributed by atoms with Crippen LogP contribution in [0.5, 0.6) is 0 Å². The number of hydrogen-bond donors (Lipinski definition) is 2. The van der Waals surface area contributed by atoms with Crippen molar-refractivity contribution in [1.82, 2.24) is 5.32 Å². The van der Waals surface area contributed by atoms with Gasteiger partial charge in [-0.05, 0) is 39.7 Å². The van der Waals surface area contributed by atoms with E-state index in [0.717, 1.165) is 0 Å². The first-order valence-corrected chi connectivity index (χ1v) is 13.1. The standard InChI is InChI=1S/C29H31F6N3O4/c1-27(2,3)42-26(41)19(14-16-29(33,34)35)18(13-15-28(30,31)32)24(39)38-23-25(40)36-21-12-8-7-11-20(21)22(37-23)17-9-5-4-6-10-17/h4-12,18-19,23H,13-16H2,1-3H3,(H,36,40)(H,38,39)/t18-,19+,23-/m1/s1. The lowest BCUT2D eigenvalue weighted by Crippen LogP contribution is -2.48. The minimum atomic E-state index is -4.78. The van der Waals surface area contributed by atoms with Gasteiger partial charge in [0.05, 0.1) is 23.2 Å². The molecular weight excluding hydrogens is 568 g/mol. The van der Waals surface area contributed by atoms with Gasteiger partial charge in [0.2, 0.25) is 12.1 Å². The van der Waals surface area contributed by atoms with E-state index in [0.29, 0.717) is 16.8 Å². The van der Waals surface area contributed by atoms with Crippen LogP contribution in [-0.4, -0.2) is 47.6 Å². The Kier molecular flexibility index (Phi) is 10.1. The molecule has 1 aliphatic heterocycles. The summed E-state index contributed by atoms with van der Waals surface area (Å²) in [5, 5.41) is 4.89. The highest BCUT2D eigenvalue weighted by Gasteiger charge is 2.42. The van der Waals surface area contributed by atoms with Gasteiger partial charge >= 0.3 is 18.3 Å². The minimum absolute atomic E-state index is 0.280. The smallest absolute Gasteiger partial charge is 0.389 e. The van der Waals surface area contributed by atoms with E-state index in [4.69, 9.17) is 4.74 Å². The van der Waals surface area contributed by atoms with Gasteiger partial charge < -0.3 is 15.4 Å². The van der Waals surface area contributed by atoms with E-state index in [2.05, 4.69) is 15.6 Å². The first-order chi connectivity index (χ1) is 19.4. The molecule has 0 saturated heterocycles. The molecule has 13 heteroatoms. The molecule has 0 unspecified atom stereocenters. The van der Waals surface area contributed by atoms with Gasteiger partial charge in [-0.15, -0.1) is 0 Å². The summed E-state index contributed by atoms with van der Waals surface area (Å²) in [5.74, 6) is -7.10. The number of para-hydroxylation sites is 1. The van der Waals surface area contributed by atoms with Crippen LogP contribution in [0.15, 0.2) is 59.6 Å². The van der Waals surface area contributed by atoms with Gasteiger partial charge in [-0.1, -0.05) is 48.5 Å². The average Bonchev–Trinajstić information content (AvgIpc) is 3.00. The zero-order chi connectivity index (χ0) is 31.3. The highest BCUT2D eigenvalue weighted by Crippen LogP contribution is 2.34. The zero-order valence-electron chi connectivity index (χ0n) is 23.1. The molecular formula is C29H31F6N3O4. The van der Waals surface area contributed by atoms with E-state index in [1.807, 2.05) is 0 Å². The Balaban J connectivity index is 2.01. The Morgan fingerprint density at radius 2 is 1.43 bits per heavy atom. The van der Waals surface area contributed by atoms with Gasteiger partial charge in [0.15, 0.2) is 0 Å². The maximum atomic E-state index is 13.5. The highest BCUT2D eigenvalue weighted by molar-refractivity contribution is 6.19. The number of nitrogens with zero attached hydrogens (tertiary/aromatic N) is 1. The van der Waals surface area contributed by atoms with Gasteiger partial charge in [0.1, 0.15) is 5.60 Å². The van der Waals surface area contributed by atoms with Crippen molar-refractivity contribution in [3.8, 4) is 0 Å². The van der Waals surface area contributed by atoms with Crippen molar-refractivity contribution in [3.05, 3.63) is 65.7 Å². The van der Waals surface area contributed by atoms with Crippen LogP contribution in [0, 0.1) is 11.8 Å². The molecule has 2 N–H and O–H groups in total. The van der Waals surface area contributed by atoms with Crippen LogP contribution in [0.3, 0.4) is 0 Å². The number of anilines is 1. The third kappa shape index (κ3) is 9.59. The number of fused-ring (bicyclic) bond motifs is 1. The molecule has 0 aliphatic carbocycles. The van der Waals surface area contributed by atoms with Gasteiger partial charge in [0.25, 0.3) is 5.91 Å². The van der Waals surface area contributed by atoms with Crippen molar-refractivity contribution < 1.29 is 45.5 Å². The summed E-state index contributed by atoms with van der Waals surface area (Å²) in [7, 11) is 0. The third-order valence-electron chi connectivity index (χ3n) is 6.28. The van der Waals surface area contributed by atoms with E-state index in [9.17, 15) is 40.7 Å². The van der Waals surface area contributed by atoms with Crippen molar-refractivity contribution in [3.63, 3.8) is 0 Å². The summed E-state index contributed by atoms with van der Waals surface area (Å²) in [6.07, 6.45) is -16.3. The fourth-order valence-corrected chi connectivity index (χ4v) is 4.44. The monoisotopic (exact) mass is 599 g/mol. The van der Waals surface area contributed by atoms with E-state index >= 15 is 0 Å². The molecule has 0 radical (unpaired) electrons. The summed E-state index contributed by atoms with van der Waals surface area (Å²) in [6.45, 7) is 4.30. The number of amides is 2. The number of aliphatic imine (C=N–C) groups is 1. The Labute approximate surface area is 238 Å². The third-order valence-corrected chi connectivity index (χ3v) is 6.28. The Morgan fingerprint density at radius 1 is 0.881 bits per heavy atom. The number of nitrogens with one attached hydrogen (secondary N) is 2. The van der Waals surface area contributed by atoms with Crippen LogP contribution in [0.1, 0.15) is 57.6 Å². The molecule has 0 spiro atoms. The lowest BCUT2D eigenvalue weighted by Gasteiger charge is -2.30. The molecule has 0 bridgehead atoms. The predicted octanol–water partition coefficient (Wildman–Crippen LogP) is 6.18. The van der Waals surface area contributed by atoms with Crippen molar-refractivity contribution in [2.24, 2.45) is 16.8 Å². The molecule has 228 valence electrons. The largest absolute Gasteiger partial charge is 0.460 e. The Morgan fingerprint density at radius 3 is 2.00 bits per heavy atom. The number of carbonyl (C=O) groups excluding carboxylic acids is 3. The lowest BCUT2D eigenvalue weighted by atomic mass is 9.83. The van der Waals surface area contributed by atoms with Crippen LogP contribution >= 0.6 is 0 Å². The summed E-state index contributed by atoms with van der Waals surface area (Å²) < 4.78 is 84.4. The number of ether oxygens (including phenoxy) is 1. The number of hydrogen-bond acceptors (Lipinski definition) is 5. The van der Waals surface area contributed by atoms with Crippen molar-refractivity contribution in [2.75, 3.05) is 5.32 Å². The van der Waals surface area contributed by atoms with Crippen LogP contribution in [0.25, 0.3) is 0 Å². The maximum absolute atomic E-state index is 13.5. The molecule has 7 nitrogen and oxygen atoms in total. The molecule has 3 rings (SSSR count). The Bertz CT molecular complexity index is 1300. The predicted molar refractivity (Wildman–Crippen MR) is 142 cm³/mol. The van der Waals surface area contributed by atoms with E-state index in [-0.39, 0.29) is 5.71 Å². The number of carbonyl (C=O) groups is 3. The topological polar surface area (TPSA) is 96.9 Å². The molecule has 3 atom stereocenters. The van der Waals surface area contributed by atoms with E-state index in [1.165, 1.54) is 20.8 Å². The molecule has 1 heterocycles. The molecule has 2 aromatic rings. The molecule has 2 aromatic carbocycles.